The standard InChI is InChI=1S/C22H22N6O8S2/c1-22(2,20(34)35)36-26-13(12-10-38-21(23)24-12)16(29)25-14-17(30)28(18(14)31)15(19(32)33)11(9-37)8-27-6-4-3-5-7-27/h3-7,10,14H,8-9H2,1-2H3,(H5-,23,24,25,29,32,33,34,35,37)/p+1/b15-11?,26-13-. The van der Waals surface area contributed by atoms with Gasteiger partial charge in [-0.05, 0) is 13.8 Å². The maximum Gasteiger partial charge on any atom is 0.353 e. The first-order valence-corrected chi connectivity index (χ1v) is 12.3. The molecule has 200 valence electrons. The summed E-state index contributed by atoms with van der Waals surface area (Å²) in [5.74, 6) is -6.07. The molecular weight excluding hydrogens is 540 g/mol. The van der Waals surface area contributed by atoms with E-state index in [0.29, 0.717) is 4.90 Å². The molecule has 3 heterocycles. The Morgan fingerprint density at radius 1 is 1.24 bits per heavy atom. The van der Waals surface area contributed by atoms with Crippen molar-refractivity contribution in [2.24, 2.45) is 5.16 Å². The van der Waals surface area contributed by atoms with Gasteiger partial charge in [-0.1, -0.05) is 11.2 Å². The van der Waals surface area contributed by atoms with E-state index in [1.54, 1.807) is 35.2 Å². The largest absolute Gasteiger partial charge is 0.478 e. The molecule has 0 aromatic carbocycles. The number of hydrogen-bond acceptors (Lipinski definition) is 11. The van der Waals surface area contributed by atoms with Crippen LogP contribution in [-0.2, 0) is 35.4 Å². The first-order valence-electron chi connectivity index (χ1n) is 10.8. The van der Waals surface area contributed by atoms with Crippen molar-refractivity contribution >= 4 is 64.5 Å². The highest BCUT2D eigenvalue weighted by molar-refractivity contribution is 7.80. The minimum atomic E-state index is -1.83. The number of nitrogens with one attached hydrogen (secondary N) is 1. The molecule has 2 aromatic rings. The van der Waals surface area contributed by atoms with E-state index in [1.807, 2.05) is 0 Å². The number of rotatable bonds is 11. The molecule has 0 radical (unpaired) electrons. The maximum atomic E-state index is 13.0. The highest BCUT2D eigenvalue weighted by Gasteiger charge is 2.52. The van der Waals surface area contributed by atoms with Crippen molar-refractivity contribution in [1.82, 2.24) is 15.2 Å². The molecule has 38 heavy (non-hydrogen) atoms. The molecule has 1 fully saturated rings. The topological polar surface area (TPSA) is 205 Å². The van der Waals surface area contributed by atoms with Gasteiger partial charge in [-0.3, -0.25) is 14.4 Å². The number of anilines is 1. The zero-order valence-corrected chi connectivity index (χ0v) is 21.7. The highest BCUT2D eigenvalue weighted by atomic mass is 32.1. The van der Waals surface area contributed by atoms with Crippen LogP contribution in [0, 0.1) is 0 Å². The number of aromatic nitrogens is 2. The number of carbonyl (C=O) groups is 5. The Bertz CT molecular complexity index is 1340. The fourth-order valence-electron chi connectivity index (χ4n) is 3.11. The number of pyridine rings is 1. The lowest BCUT2D eigenvalue weighted by Crippen LogP contribution is -2.69. The van der Waals surface area contributed by atoms with E-state index in [2.05, 4.69) is 28.1 Å². The second kappa shape index (κ2) is 11.4. The first-order chi connectivity index (χ1) is 17.9. The maximum absolute atomic E-state index is 13.0. The summed E-state index contributed by atoms with van der Waals surface area (Å²) in [6.45, 7) is 2.42. The van der Waals surface area contributed by atoms with E-state index in [0.717, 1.165) is 11.3 Å². The average molecular weight is 564 g/mol. The van der Waals surface area contributed by atoms with Crippen LogP contribution in [0.1, 0.15) is 19.5 Å². The van der Waals surface area contributed by atoms with Crippen LogP contribution in [0.5, 0.6) is 0 Å². The molecule has 0 spiro atoms. The van der Waals surface area contributed by atoms with E-state index in [4.69, 9.17) is 10.6 Å². The molecule has 0 bridgehead atoms. The van der Waals surface area contributed by atoms with Crippen molar-refractivity contribution in [1.29, 1.82) is 0 Å². The fraction of sp³-hybridized carbons (Fsp3) is 0.273. The minimum absolute atomic E-state index is 0.0405. The second-order valence-electron chi connectivity index (χ2n) is 8.30. The van der Waals surface area contributed by atoms with E-state index >= 15 is 0 Å². The lowest BCUT2D eigenvalue weighted by Gasteiger charge is -2.36. The van der Waals surface area contributed by atoms with Crippen molar-refractivity contribution < 1.29 is 43.6 Å². The number of nitrogens with two attached hydrogens (primary N) is 1. The van der Waals surface area contributed by atoms with Gasteiger partial charge in [-0.25, -0.2) is 24.0 Å². The predicted octanol–water partition coefficient (Wildman–Crippen LogP) is -0.581. The number of nitrogens with zero attached hydrogens (tertiary/aromatic N) is 4. The molecule has 0 saturated carbocycles. The van der Waals surface area contributed by atoms with Crippen molar-refractivity contribution in [2.75, 3.05) is 11.5 Å². The van der Waals surface area contributed by atoms with Crippen LogP contribution in [0.25, 0.3) is 0 Å². The molecule has 1 saturated heterocycles. The quantitative estimate of drug-likeness (QED) is 0.0447. The molecule has 5 N–H and O–H groups in total. The monoisotopic (exact) mass is 563 g/mol. The van der Waals surface area contributed by atoms with Crippen LogP contribution in [0.4, 0.5) is 5.13 Å². The van der Waals surface area contributed by atoms with Gasteiger partial charge >= 0.3 is 11.9 Å². The molecule has 0 atom stereocenters. The SMILES string of the molecule is CC(C)(O/N=C(\C(=O)NC1C(=O)N(C(C(=O)O)=C(CS)C[n+]2ccccc2)C1=O)c1csc(N)n1)C(=O)O. The number of amides is 3. The number of thiazole rings is 1. The van der Waals surface area contributed by atoms with Crippen molar-refractivity contribution in [3.8, 4) is 0 Å². The van der Waals surface area contributed by atoms with Gasteiger partial charge in [0.2, 0.25) is 5.60 Å². The summed E-state index contributed by atoms with van der Waals surface area (Å²) >= 11 is 5.12. The summed E-state index contributed by atoms with van der Waals surface area (Å²) < 4.78 is 1.64. The summed E-state index contributed by atoms with van der Waals surface area (Å²) in [4.78, 5) is 71.4. The summed E-state index contributed by atoms with van der Waals surface area (Å²) in [5.41, 5.74) is 2.75. The second-order valence-corrected chi connectivity index (χ2v) is 9.51. The van der Waals surface area contributed by atoms with Gasteiger partial charge in [-0.15, -0.1) is 11.3 Å². The molecule has 1 aliphatic heterocycles. The molecule has 1 aliphatic rings. The smallest absolute Gasteiger partial charge is 0.353 e. The number of likely N-dealkylation sites (tertiary alicyclic amines) is 1. The van der Waals surface area contributed by atoms with E-state index in [9.17, 15) is 34.2 Å². The third-order valence-electron chi connectivity index (χ3n) is 5.17. The normalized spacial score (nSPS) is 15.0. The van der Waals surface area contributed by atoms with E-state index < -0.39 is 52.7 Å². The molecule has 16 heteroatoms. The van der Waals surface area contributed by atoms with Gasteiger partial charge in [0.25, 0.3) is 17.7 Å². The lowest BCUT2D eigenvalue weighted by molar-refractivity contribution is -0.689. The van der Waals surface area contributed by atoms with Crippen LogP contribution in [0.2, 0.25) is 0 Å². The number of oxime groups is 1. The molecule has 0 aliphatic carbocycles. The molecular formula is C22H23N6O8S2+. The number of carbonyl (C=O) groups excluding carboxylic acids is 3. The lowest BCUT2D eigenvalue weighted by atomic mass is 10.0. The number of imide groups is 1. The van der Waals surface area contributed by atoms with E-state index in [1.165, 1.54) is 19.2 Å². The summed E-state index contributed by atoms with van der Waals surface area (Å²) in [6, 6.07) is 3.48. The number of carboxylic acid groups (broad SMARTS) is 2. The Hall–Kier alpha value is -4.31. The fourth-order valence-corrected chi connectivity index (χ4v) is 3.91. The Morgan fingerprint density at radius 3 is 2.37 bits per heavy atom. The Balaban J connectivity index is 1.86. The van der Waals surface area contributed by atoms with Crippen molar-refractivity contribution in [2.45, 2.75) is 32.0 Å². The summed E-state index contributed by atoms with van der Waals surface area (Å²) in [7, 11) is 0. The highest BCUT2D eigenvalue weighted by Crippen LogP contribution is 2.24. The number of thiol groups is 1. The first kappa shape index (κ1) is 28.3. The third-order valence-corrected chi connectivity index (χ3v) is 6.23. The molecule has 2 aromatic heterocycles. The van der Waals surface area contributed by atoms with Crippen molar-refractivity contribution in [3.63, 3.8) is 0 Å². The summed E-state index contributed by atoms with van der Waals surface area (Å²) in [6.07, 6.45) is 3.34. The number of carboxylic acids is 2. The molecule has 14 nitrogen and oxygen atoms in total. The Labute approximate surface area is 224 Å². The Kier molecular flexibility index (Phi) is 8.47. The van der Waals surface area contributed by atoms with Crippen LogP contribution < -0.4 is 15.6 Å². The van der Waals surface area contributed by atoms with Gasteiger partial charge in [-0.2, -0.15) is 12.6 Å². The van der Waals surface area contributed by atoms with Crippen LogP contribution in [0.3, 0.4) is 0 Å². The Morgan fingerprint density at radius 2 is 1.87 bits per heavy atom. The number of nitrogen functional groups attached to an aromatic ring is 1. The van der Waals surface area contributed by atoms with Gasteiger partial charge in [0.15, 0.2) is 35.8 Å². The van der Waals surface area contributed by atoms with Gasteiger partial charge in [0.1, 0.15) is 11.4 Å². The molecule has 3 amide bonds. The van der Waals surface area contributed by atoms with Gasteiger partial charge < -0.3 is 26.1 Å². The van der Waals surface area contributed by atoms with Crippen LogP contribution >= 0.6 is 24.0 Å². The van der Waals surface area contributed by atoms with E-state index in [-0.39, 0.29) is 28.7 Å². The van der Waals surface area contributed by atoms with Crippen molar-refractivity contribution in [3.05, 3.63) is 52.9 Å². The average Bonchev–Trinajstić information content (AvgIpc) is 3.30. The third kappa shape index (κ3) is 5.97. The number of aliphatic carboxylic acids is 2. The molecule has 3 rings (SSSR count). The van der Waals surface area contributed by atoms with Crippen LogP contribution in [-0.4, -0.2) is 72.9 Å². The zero-order valence-electron chi connectivity index (χ0n) is 20.0. The number of β-lactam (4-membered cyclic amide) rings is 2. The van der Waals surface area contributed by atoms with Gasteiger partial charge in [0, 0.05) is 28.8 Å². The van der Waals surface area contributed by atoms with Crippen LogP contribution in [0.15, 0.2) is 52.4 Å². The predicted molar refractivity (Wildman–Crippen MR) is 135 cm³/mol. The minimum Gasteiger partial charge on any atom is -0.478 e. The number of hydrogen-bond donors (Lipinski definition) is 5. The summed E-state index contributed by atoms with van der Waals surface area (Å²) in [5, 5.41) is 26.2. The zero-order chi connectivity index (χ0) is 28.2. The van der Waals surface area contributed by atoms with Gasteiger partial charge in [0.05, 0.1) is 0 Å². The molecule has 0 unspecified atom stereocenters.